The average Bonchev–Trinajstić information content (AvgIpc) is 3.63. The fourth-order valence-electron chi connectivity index (χ4n) is 8.06. The number of nitrogen functional groups attached to an aromatic ring is 1. The highest BCUT2D eigenvalue weighted by Gasteiger charge is 2.43. The second kappa shape index (κ2) is 11.7. The summed E-state index contributed by atoms with van der Waals surface area (Å²) in [5, 5.41) is 5.11. The van der Waals surface area contributed by atoms with Crippen molar-refractivity contribution in [1.82, 2.24) is 20.2 Å². The number of aromatic nitrogens is 2. The summed E-state index contributed by atoms with van der Waals surface area (Å²) >= 11 is 0. The minimum Gasteiger partial charge on any atom is -0.398 e. The molecule has 0 unspecified atom stereocenters. The van der Waals surface area contributed by atoms with Crippen molar-refractivity contribution in [2.24, 2.45) is 4.99 Å². The number of piperazine rings is 1. The highest BCUT2D eigenvalue weighted by molar-refractivity contribution is 6.14. The van der Waals surface area contributed by atoms with Crippen LogP contribution >= 0.6 is 0 Å². The molecule has 3 saturated heterocycles. The van der Waals surface area contributed by atoms with Gasteiger partial charge in [-0.3, -0.25) is 9.89 Å². The predicted molar refractivity (Wildman–Crippen MR) is 179 cm³/mol. The minimum atomic E-state index is -0.559. The van der Waals surface area contributed by atoms with Crippen molar-refractivity contribution in [1.29, 1.82) is 0 Å². The molecule has 0 amide bonds. The van der Waals surface area contributed by atoms with Gasteiger partial charge in [0.1, 0.15) is 23.0 Å². The highest BCUT2D eigenvalue weighted by atomic mass is 19.1. The van der Waals surface area contributed by atoms with Crippen LogP contribution in [0, 0.1) is 30.9 Å². The Morgan fingerprint density at radius 3 is 2.56 bits per heavy atom. The molecule has 3 aromatic carbocycles. The molecule has 7 rings (SSSR count). The lowest BCUT2D eigenvalue weighted by Crippen LogP contribution is -2.44. The number of hydrogen-bond donors (Lipinski definition) is 2. The lowest BCUT2D eigenvalue weighted by Gasteiger charge is -2.32. The molecule has 45 heavy (non-hydrogen) atoms. The van der Waals surface area contributed by atoms with E-state index in [0.29, 0.717) is 45.3 Å². The molecule has 3 N–H and O–H groups in total. The Bertz CT molecular complexity index is 1880. The van der Waals surface area contributed by atoms with E-state index in [2.05, 4.69) is 26.0 Å². The second-order valence-electron chi connectivity index (χ2n) is 12.7. The molecule has 9 heteroatoms. The summed E-state index contributed by atoms with van der Waals surface area (Å²) in [5.41, 5.74) is 9.59. The first-order valence-electron chi connectivity index (χ1n) is 16.0. The van der Waals surface area contributed by atoms with Gasteiger partial charge in [-0.2, -0.15) is 0 Å². The number of hydrogen-bond acceptors (Lipinski definition) is 7. The van der Waals surface area contributed by atoms with Crippen molar-refractivity contribution in [2.45, 2.75) is 51.0 Å². The van der Waals surface area contributed by atoms with E-state index in [1.165, 1.54) is 31.7 Å². The first-order valence-corrected chi connectivity index (χ1v) is 16.0. The second-order valence-corrected chi connectivity index (χ2v) is 12.7. The van der Waals surface area contributed by atoms with Gasteiger partial charge < -0.3 is 16.0 Å². The van der Waals surface area contributed by atoms with E-state index in [1.807, 2.05) is 19.1 Å². The van der Waals surface area contributed by atoms with Gasteiger partial charge in [0.25, 0.3) is 0 Å². The van der Waals surface area contributed by atoms with Crippen LogP contribution in [0.3, 0.4) is 0 Å². The summed E-state index contributed by atoms with van der Waals surface area (Å²) in [4.78, 5) is 19.2. The molecule has 0 radical (unpaired) electrons. The summed E-state index contributed by atoms with van der Waals surface area (Å²) in [5.74, 6) is 2.71. The molecule has 7 nitrogen and oxygen atoms in total. The monoisotopic (exact) mass is 607 g/mol. The molecule has 0 bridgehead atoms. The van der Waals surface area contributed by atoms with E-state index in [-0.39, 0.29) is 27.9 Å². The molecule has 0 spiro atoms. The molecule has 4 heterocycles. The first kappa shape index (κ1) is 29.6. The minimum absolute atomic E-state index is 0.0777. The average molecular weight is 608 g/mol. The fraction of sp³-hybridized carbons (Fsp3) is 0.417. The van der Waals surface area contributed by atoms with E-state index in [9.17, 15) is 0 Å². The summed E-state index contributed by atoms with van der Waals surface area (Å²) in [6.45, 7) is 7.25. The molecular formula is C36H39F2N7. The smallest absolute Gasteiger partial charge is 0.159 e. The molecule has 0 atom stereocenters. The van der Waals surface area contributed by atoms with Crippen LogP contribution in [0.15, 0.2) is 29.3 Å². The predicted octanol–water partition coefficient (Wildman–Crippen LogP) is 5.62. The van der Waals surface area contributed by atoms with Crippen molar-refractivity contribution < 1.29 is 8.78 Å². The number of aryl methyl sites for hydroxylation is 2. The molecule has 4 aromatic rings. The Kier molecular flexibility index (Phi) is 7.66. The molecule has 1 aromatic heterocycles. The Morgan fingerprint density at radius 2 is 1.84 bits per heavy atom. The van der Waals surface area contributed by atoms with Crippen LogP contribution in [0.5, 0.6) is 0 Å². The number of nitrogens with one attached hydrogen (secondary N) is 1. The normalized spacial score (nSPS) is 18.3. The van der Waals surface area contributed by atoms with Gasteiger partial charge in [0.2, 0.25) is 0 Å². The van der Waals surface area contributed by atoms with E-state index in [1.54, 1.807) is 19.3 Å². The van der Waals surface area contributed by atoms with Crippen molar-refractivity contribution >= 4 is 39.4 Å². The maximum atomic E-state index is 17.3. The van der Waals surface area contributed by atoms with Crippen molar-refractivity contribution in [3.63, 3.8) is 0 Å². The number of benzene rings is 3. The van der Waals surface area contributed by atoms with Crippen LogP contribution in [-0.4, -0.2) is 72.9 Å². The number of fused-ring (bicyclic) bond motifs is 3. The third-order valence-electron chi connectivity index (χ3n) is 10.1. The highest BCUT2D eigenvalue weighted by Crippen LogP contribution is 2.45. The zero-order valence-electron chi connectivity index (χ0n) is 26.0. The van der Waals surface area contributed by atoms with Crippen molar-refractivity contribution in [3.8, 4) is 23.5 Å². The van der Waals surface area contributed by atoms with Gasteiger partial charge >= 0.3 is 0 Å². The lowest BCUT2D eigenvalue weighted by molar-refractivity contribution is 0.182. The van der Waals surface area contributed by atoms with Crippen LogP contribution in [-0.2, 0) is 6.42 Å². The Labute approximate surface area is 262 Å². The summed E-state index contributed by atoms with van der Waals surface area (Å²) in [7, 11) is 1.66. The van der Waals surface area contributed by atoms with Gasteiger partial charge in [0.15, 0.2) is 5.82 Å². The van der Waals surface area contributed by atoms with Crippen LogP contribution in [0.4, 0.5) is 20.3 Å². The molecule has 0 saturated carbocycles. The van der Waals surface area contributed by atoms with E-state index in [4.69, 9.17) is 22.1 Å². The van der Waals surface area contributed by atoms with Gasteiger partial charge in [-0.15, -0.1) is 6.42 Å². The molecule has 3 fully saturated rings. The van der Waals surface area contributed by atoms with E-state index >= 15 is 8.78 Å². The number of halogens is 2. The van der Waals surface area contributed by atoms with E-state index in [0.717, 1.165) is 51.3 Å². The van der Waals surface area contributed by atoms with Gasteiger partial charge in [0.05, 0.1) is 16.6 Å². The number of nitrogens with zero attached hydrogens (tertiary/aromatic N) is 5. The molecule has 3 aliphatic rings. The topological polar surface area (TPSA) is 82.7 Å². The molecule has 3 aliphatic heterocycles. The first-order chi connectivity index (χ1) is 21.8. The number of nitrogens with two attached hydrogens (primary N) is 1. The fourth-order valence-corrected chi connectivity index (χ4v) is 8.06. The summed E-state index contributed by atoms with van der Waals surface area (Å²) in [6.07, 6.45) is 13.9. The summed E-state index contributed by atoms with van der Waals surface area (Å²) in [6, 6.07) is 6.76. The third kappa shape index (κ3) is 4.91. The molecule has 232 valence electrons. The molecule has 0 aliphatic carbocycles. The Hall–Kier alpha value is -4.13. The largest absolute Gasteiger partial charge is 0.398 e. The van der Waals surface area contributed by atoms with E-state index < -0.39 is 11.6 Å². The quantitative estimate of drug-likeness (QED) is 0.168. The molecular weight excluding hydrogens is 568 g/mol. The van der Waals surface area contributed by atoms with Gasteiger partial charge in [-0.1, -0.05) is 24.1 Å². The number of anilines is 2. The number of terminal acetylenes is 1. The Morgan fingerprint density at radius 1 is 1.09 bits per heavy atom. The van der Waals surface area contributed by atoms with Gasteiger partial charge in [-0.25, -0.2) is 18.7 Å². The van der Waals surface area contributed by atoms with Gasteiger partial charge in [0, 0.05) is 67.9 Å². The maximum Gasteiger partial charge on any atom is 0.159 e. The van der Waals surface area contributed by atoms with Crippen LogP contribution < -0.4 is 16.0 Å². The third-order valence-corrected chi connectivity index (χ3v) is 10.1. The van der Waals surface area contributed by atoms with Crippen LogP contribution in [0.1, 0.15) is 54.6 Å². The SMILES string of the molecule is C#Cc1c(F)ccc2cc(C)cc(-c3c(N)c(C=NC)c4c(N5CCNCC5)nc(CCC56CCCN5CCC6)nc4c3F)c12. The maximum absolute atomic E-state index is 17.3. The number of rotatable bonds is 6. The standard InChI is InChI=1S/C36H39F2N7/c1-4-24-27(37)8-7-23-19-22(2)20-25(29(23)24)30-32(38)34-31(26(21-40-3)33(30)39)35(44-17-13-41-14-18-44)43-28(42-34)9-12-36-10-5-15-45(36)16-6-11-36/h1,7-8,19-21,41H,5-6,9-18,39H2,2-3H3. The number of aliphatic imine (C=N–C) groups is 1. The van der Waals surface area contributed by atoms with Crippen LogP contribution in [0.25, 0.3) is 32.8 Å². The lowest BCUT2D eigenvalue weighted by atomic mass is 9.88. The van der Waals surface area contributed by atoms with Crippen LogP contribution in [0.2, 0.25) is 0 Å². The summed E-state index contributed by atoms with van der Waals surface area (Å²) < 4.78 is 32.4. The zero-order valence-corrected chi connectivity index (χ0v) is 26.0. The van der Waals surface area contributed by atoms with Gasteiger partial charge in [-0.05, 0) is 74.7 Å². The van der Waals surface area contributed by atoms with Crippen molar-refractivity contribution in [3.05, 3.63) is 58.4 Å². The van der Waals surface area contributed by atoms with Crippen molar-refractivity contribution in [2.75, 3.05) is 56.9 Å². The zero-order chi connectivity index (χ0) is 31.3. The Balaban J connectivity index is 1.50.